The first-order valence-electron chi connectivity index (χ1n) is 12.4. The quantitative estimate of drug-likeness (QED) is 0.359. The minimum Gasteiger partial charge on any atom is -0.493 e. The van der Waals surface area contributed by atoms with Gasteiger partial charge >= 0.3 is 6.03 Å². The molecule has 2 amide bonds. The Labute approximate surface area is 200 Å². The molecule has 2 N–H and O–H groups in total. The lowest BCUT2D eigenvalue weighted by atomic mass is 10.1. The number of carbonyl (C=O) groups excluding carboxylic acids is 1. The number of aromatic nitrogens is 1. The Hall–Kier alpha value is -3.32. The molecule has 2 aliphatic rings. The number of nitrogens with zero attached hydrogens (tertiary/aromatic N) is 3. The number of ether oxygens (including phenoxy) is 1. The van der Waals surface area contributed by atoms with Gasteiger partial charge in [0.25, 0.3) is 0 Å². The summed E-state index contributed by atoms with van der Waals surface area (Å²) in [6.45, 7) is 8.52. The van der Waals surface area contributed by atoms with Crippen molar-refractivity contribution in [1.29, 1.82) is 5.41 Å². The highest BCUT2D eigenvalue weighted by Crippen LogP contribution is 2.35. The van der Waals surface area contributed by atoms with E-state index in [0.29, 0.717) is 19.7 Å². The van der Waals surface area contributed by atoms with E-state index >= 15 is 0 Å². The van der Waals surface area contributed by atoms with Gasteiger partial charge < -0.3 is 24.9 Å². The highest BCUT2D eigenvalue weighted by molar-refractivity contribution is 6.06. The van der Waals surface area contributed by atoms with Gasteiger partial charge in [-0.15, -0.1) is 0 Å². The summed E-state index contributed by atoms with van der Waals surface area (Å²) < 4.78 is 8.36. The van der Waals surface area contributed by atoms with Gasteiger partial charge in [-0.2, -0.15) is 0 Å². The van der Waals surface area contributed by atoms with Gasteiger partial charge in [-0.25, -0.2) is 4.79 Å². The molecular formula is C27H33N5O2. The fourth-order valence-electron chi connectivity index (χ4n) is 5.23. The van der Waals surface area contributed by atoms with Crippen LogP contribution in [0.15, 0.2) is 42.5 Å². The van der Waals surface area contributed by atoms with E-state index in [9.17, 15) is 4.79 Å². The van der Waals surface area contributed by atoms with E-state index in [1.165, 1.54) is 32.1 Å². The van der Waals surface area contributed by atoms with Gasteiger partial charge in [0.05, 0.1) is 17.8 Å². The summed E-state index contributed by atoms with van der Waals surface area (Å²) >= 11 is 0. The summed E-state index contributed by atoms with van der Waals surface area (Å²) in [5.74, 6) is 0.875. The zero-order valence-corrected chi connectivity index (χ0v) is 19.8. The molecule has 3 aromatic rings. The van der Waals surface area contributed by atoms with Crippen molar-refractivity contribution < 1.29 is 9.53 Å². The molecule has 2 aliphatic heterocycles. The number of hydrogen-bond donors (Lipinski definition) is 2. The van der Waals surface area contributed by atoms with Crippen LogP contribution in [0.4, 0.5) is 10.5 Å². The molecule has 0 spiro atoms. The Balaban J connectivity index is 1.40. The fraction of sp³-hybridized carbons (Fsp3) is 0.407. The van der Waals surface area contributed by atoms with Crippen molar-refractivity contribution in [3.05, 3.63) is 48.0 Å². The lowest BCUT2D eigenvalue weighted by molar-refractivity contribution is 0.252. The number of fused-ring (bicyclic) bond motifs is 1. The largest absolute Gasteiger partial charge is 0.493 e. The molecule has 0 bridgehead atoms. The first-order valence-corrected chi connectivity index (χ1v) is 12.4. The Morgan fingerprint density at radius 1 is 1.09 bits per heavy atom. The third kappa shape index (κ3) is 4.28. The van der Waals surface area contributed by atoms with Gasteiger partial charge in [0.15, 0.2) is 0 Å². The van der Waals surface area contributed by atoms with Crippen LogP contribution in [-0.2, 0) is 6.54 Å². The van der Waals surface area contributed by atoms with Crippen LogP contribution >= 0.6 is 0 Å². The molecule has 3 heterocycles. The number of carbonyl (C=O) groups is 1. The van der Waals surface area contributed by atoms with E-state index in [4.69, 9.17) is 10.1 Å². The normalized spacial score (nSPS) is 16.4. The summed E-state index contributed by atoms with van der Waals surface area (Å²) in [7, 11) is 0. The average molecular weight is 460 g/mol. The van der Waals surface area contributed by atoms with Crippen molar-refractivity contribution in [2.75, 3.05) is 44.2 Å². The Bertz CT molecular complexity index is 1180. The van der Waals surface area contributed by atoms with Crippen LogP contribution < -0.4 is 15.0 Å². The molecule has 34 heavy (non-hydrogen) atoms. The predicted octanol–water partition coefficient (Wildman–Crippen LogP) is 4.72. The van der Waals surface area contributed by atoms with Crippen LogP contribution in [0.5, 0.6) is 5.75 Å². The van der Waals surface area contributed by atoms with Gasteiger partial charge in [-0.3, -0.25) is 4.90 Å². The fourth-order valence-corrected chi connectivity index (χ4v) is 5.23. The van der Waals surface area contributed by atoms with Gasteiger partial charge in [-0.1, -0.05) is 12.1 Å². The number of anilines is 1. The number of urea groups is 1. The summed E-state index contributed by atoms with van der Waals surface area (Å²) in [6.07, 6.45) is 5.12. The van der Waals surface area contributed by atoms with Crippen molar-refractivity contribution in [3.63, 3.8) is 0 Å². The molecule has 7 heteroatoms. The maximum absolute atomic E-state index is 12.0. The minimum atomic E-state index is -0.0523. The smallest absolute Gasteiger partial charge is 0.321 e. The maximum Gasteiger partial charge on any atom is 0.321 e. The first kappa shape index (κ1) is 22.5. The zero-order valence-electron chi connectivity index (χ0n) is 19.8. The van der Waals surface area contributed by atoms with Crippen LogP contribution in [0.2, 0.25) is 0 Å². The zero-order chi connectivity index (χ0) is 23.5. The second kappa shape index (κ2) is 9.89. The Morgan fingerprint density at radius 3 is 2.56 bits per heavy atom. The Kier molecular flexibility index (Phi) is 6.54. The minimum absolute atomic E-state index is 0.0523. The SMILES string of the molecule is CCn1c(-c2ccc(N3CCNC3=O)cc2)c(C=N)c2ccc(OCCCN3CCCC3)cc21. The van der Waals surface area contributed by atoms with E-state index in [-0.39, 0.29) is 6.03 Å². The van der Waals surface area contributed by atoms with Crippen molar-refractivity contribution >= 4 is 28.8 Å². The molecule has 2 fully saturated rings. The number of nitrogens with one attached hydrogen (secondary N) is 2. The molecule has 7 nitrogen and oxygen atoms in total. The van der Waals surface area contributed by atoms with Crippen molar-refractivity contribution in [2.24, 2.45) is 0 Å². The highest BCUT2D eigenvalue weighted by atomic mass is 16.5. The number of benzene rings is 2. The van der Waals surface area contributed by atoms with Gasteiger partial charge in [0.2, 0.25) is 0 Å². The van der Waals surface area contributed by atoms with Crippen LogP contribution in [0, 0.1) is 5.41 Å². The number of likely N-dealkylation sites (tertiary alicyclic amines) is 1. The molecule has 1 aromatic heterocycles. The maximum atomic E-state index is 12.0. The number of aryl methyl sites for hydroxylation is 1. The third-order valence-corrected chi connectivity index (χ3v) is 6.93. The molecule has 0 atom stereocenters. The predicted molar refractivity (Wildman–Crippen MR) is 137 cm³/mol. The average Bonchev–Trinajstić information content (AvgIpc) is 3.60. The topological polar surface area (TPSA) is 73.6 Å². The van der Waals surface area contributed by atoms with E-state index in [0.717, 1.165) is 58.7 Å². The summed E-state index contributed by atoms with van der Waals surface area (Å²) in [6, 6.07) is 14.2. The van der Waals surface area contributed by atoms with Gasteiger partial charge in [0.1, 0.15) is 5.75 Å². The van der Waals surface area contributed by atoms with Crippen LogP contribution in [0.1, 0.15) is 31.7 Å². The lowest BCUT2D eigenvalue weighted by Crippen LogP contribution is -2.27. The molecule has 0 unspecified atom stereocenters. The molecule has 178 valence electrons. The Morgan fingerprint density at radius 2 is 1.88 bits per heavy atom. The first-order chi connectivity index (χ1) is 16.7. The molecule has 0 aliphatic carbocycles. The monoisotopic (exact) mass is 459 g/mol. The molecule has 2 aromatic carbocycles. The van der Waals surface area contributed by atoms with Crippen molar-refractivity contribution in [3.8, 4) is 17.0 Å². The lowest BCUT2D eigenvalue weighted by Gasteiger charge is -2.15. The molecular weight excluding hydrogens is 426 g/mol. The molecule has 2 saturated heterocycles. The van der Waals surface area contributed by atoms with Gasteiger partial charge in [0, 0.05) is 55.1 Å². The van der Waals surface area contributed by atoms with Gasteiger partial charge in [-0.05, 0) is 69.1 Å². The second-order valence-corrected chi connectivity index (χ2v) is 9.01. The van der Waals surface area contributed by atoms with E-state index in [2.05, 4.69) is 33.8 Å². The van der Waals surface area contributed by atoms with Crippen LogP contribution in [0.3, 0.4) is 0 Å². The van der Waals surface area contributed by atoms with Crippen molar-refractivity contribution in [1.82, 2.24) is 14.8 Å². The molecule has 5 rings (SSSR count). The third-order valence-electron chi connectivity index (χ3n) is 6.93. The molecule has 0 radical (unpaired) electrons. The van der Waals surface area contributed by atoms with E-state index in [1.54, 1.807) is 4.90 Å². The van der Waals surface area contributed by atoms with Crippen LogP contribution in [-0.4, -0.2) is 61.0 Å². The number of hydrogen-bond acceptors (Lipinski definition) is 4. The molecule has 0 saturated carbocycles. The van der Waals surface area contributed by atoms with Crippen LogP contribution in [0.25, 0.3) is 22.2 Å². The standard InChI is InChI=1S/C27H33N5O2/c1-2-31-25-18-22(34-17-5-15-30-13-3-4-14-30)10-11-23(25)24(19-28)26(31)20-6-8-21(9-7-20)32-16-12-29-27(32)33/h6-11,18-19,28H,2-5,12-17H2,1H3,(H,29,33). The second-order valence-electron chi connectivity index (χ2n) is 9.01. The summed E-state index contributed by atoms with van der Waals surface area (Å²) in [5, 5.41) is 12.0. The summed E-state index contributed by atoms with van der Waals surface area (Å²) in [4.78, 5) is 16.3. The number of rotatable bonds is 9. The van der Waals surface area contributed by atoms with E-state index < -0.39 is 0 Å². The summed E-state index contributed by atoms with van der Waals surface area (Å²) in [5.41, 5.74) is 4.93. The highest BCUT2D eigenvalue weighted by Gasteiger charge is 2.22. The van der Waals surface area contributed by atoms with E-state index in [1.807, 2.05) is 30.3 Å². The number of amides is 2. The van der Waals surface area contributed by atoms with Crippen molar-refractivity contribution in [2.45, 2.75) is 32.7 Å².